The molecule has 2 rings (SSSR count). The Morgan fingerprint density at radius 3 is 2.65 bits per heavy atom. The van der Waals surface area contributed by atoms with Crippen LogP contribution in [0.4, 0.5) is 0 Å². The SMILES string of the molecule is CCCc1nc(C(=O)O)nn1-c1c(C)cc(C)cc1Br. The summed E-state index contributed by atoms with van der Waals surface area (Å²) in [6.07, 6.45) is 1.56. The van der Waals surface area contributed by atoms with E-state index in [1.165, 1.54) is 0 Å². The maximum Gasteiger partial charge on any atom is 0.375 e. The Morgan fingerprint density at radius 1 is 1.40 bits per heavy atom. The van der Waals surface area contributed by atoms with Crippen molar-refractivity contribution in [1.29, 1.82) is 0 Å². The molecule has 1 aromatic heterocycles. The van der Waals surface area contributed by atoms with Gasteiger partial charge >= 0.3 is 5.97 Å². The topological polar surface area (TPSA) is 68.0 Å². The number of halogens is 1. The third-order valence-electron chi connectivity index (χ3n) is 2.95. The molecule has 0 atom stereocenters. The zero-order valence-corrected chi connectivity index (χ0v) is 13.2. The van der Waals surface area contributed by atoms with Crippen molar-refractivity contribution in [3.8, 4) is 5.69 Å². The summed E-state index contributed by atoms with van der Waals surface area (Å²) in [5.74, 6) is -0.611. The van der Waals surface area contributed by atoms with E-state index in [0.29, 0.717) is 12.2 Å². The second-order valence-corrected chi connectivity index (χ2v) is 5.59. The number of carbonyl (C=O) groups is 1. The van der Waals surface area contributed by atoms with Crippen molar-refractivity contribution in [3.63, 3.8) is 0 Å². The van der Waals surface area contributed by atoms with E-state index >= 15 is 0 Å². The maximum atomic E-state index is 11.1. The highest BCUT2D eigenvalue weighted by atomic mass is 79.9. The van der Waals surface area contributed by atoms with Crippen molar-refractivity contribution in [3.05, 3.63) is 39.4 Å². The Balaban J connectivity index is 2.65. The molecule has 0 saturated carbocycles. The molecule has 0 saturated heterocycles. The van der Waals surface area contributed by atoms with Crippen LogP contribution >= 0.6 is 15.9 Å². The molecule has 0 aliphatic carbocycles. The van der Waals surface area contributed by atoms with Gasteiger partial charge in [-0.1, -0.05) is 13.0 Å². The second-order valence-electron chi connectivity index (χ2n) is 4.73. The van der Waals surface area contributed by atoms with Crippen molar-refractivity contribution >= 4 is 21.9 Å². The van der Waals surface area contributed by atoms with Gasteiger partial charge in [0, 0.05) is 10.9 Å². The molecule has 2 aromatic rings. The predicted octanol–water partition coefficient (Wildman–Crippen LogP) is 3.30. The summed E-state index contributed by atoms with van der Waals surface area (Å²) in [4.78, 5) is 15.2. The van der Waals surface area contributed by atoms with Crippen LogP contribution in [0.1, 0.15) is 40.9 Å². The zero-order valence-electron chi connectivity index (χ0n) is 11.6. The number of rotatable bonds is 4. The maximum absolute atomic E-state index is 11.1. The summed E-state index contributed by atoms with van der Waals surface area (Å²) < 4.78 is 2.51. The molecule has 0 amide bonds. The molecule has 1 N–H and O–H groups in total. The Hall–Kier alpha value is -1.69. The highest BCUT2D eigenvalue weighted by Crippen LogP contribution is 2.27. The molecular weight excluding hydrogens is 322 g/mol. The number of hydrogen-bond acceptors (Lipinski definition) is 3. The minimum Gasteiger partial charge on any atom is -0.475 e. The fourth-order valence-corrected chi connectivity index (χ4v) is 3.02. The molecule has 1 heterocycles. The number of carboxylic acids is 1. The first kappa shape index (κ1) is 14.7. The summed E-state index contributed by atoms with van der Waals surface area (Å²) in [5, 5.41) is 13.2. The molecule has 106 valence electrons. The molecule has 0 unspecified atom stereocenters. The summed E-state index contributed by atoms with van der Waals surface area (Å²) in [6.45, 7) is 6.01. The van der Waals surface area contributed by atoms with E-state index < -0.39 is 5.97 Å². The molecule has 0 aliphatic heterocycles. The van der Waals surface area contributed by atoms with Gasteiger partial charge in [-0.15, -0.1) is 5.10 Å². The number of nitrogens with zero attached hydrogens (tertiary/aromatic N) is 3. The Labute approximate surface area is 125 Å². The summed E-state index contributed by atoms with van der Waals surface area (Å²) >= 11 is 3.53. The number of hydrogen-bond donors (Lipinski definition) is 1. The Bertz CT molecular complexity index is 641. The second kappa shape index (κ2) is 5.75. The van der Waals surface area contributed by atoms with Crippen molar-refractivity contribution in [1.82, 2.24) is 14.8 Å². The third kappa shape index (κ3) is 2.75. The molecule has 20 heavy (non-hydrogen) atoms. The van der Waals surface area contributed by atoms with Gasteiger partial charge in [0.15, 0.2) is 0 Å². The Kier molecular flexibility index (Phi) is 4.23. The largest absolute Gasteiger partial charge is 0.475 e. The number of aromatic carboxylic acids is 1. The van der Waals surface area contributed by atoms with Gasteiger partial charge in [-0.25, -0.2) is 14.5 Å². The molecule has 0 aliphatic rings. The van der Waals surface area contributed by atoms with E-state index in [-0.39, 0.29) is 5.82 Å². The molecule has 0 bridgehead atoms. The summed E-state index contributed by atoms with van der Waals surface area (Å²) in [5.41, 5.74) is 3.00. The van der Waals surface area contributed by atoms with E-state index in [4.69, 9.17) is 5.11 Å². The van der Waals surface area contributed by atoms with Gasteiger partial charge in [-0.2, -0.15) is 0 Å². The van der Waals surface area contributed by atoms with Crippen molar-refractivity contribution in [2.45, 2.75) is 33.6 Å². The fraction of sp³-hybridized carbons (Fsp3) is 0.357. The quantitative estimate of drug-likeness (QED) is 0.929. The van der Waals surface area contributed by atoms with Crippen LogP contribution in [0.2, 0.25) is 0 Å². The lowest BCUT2D eigenvalue weighted by Gasteiger charge is -2.12. The first-order valence-corrected chi connectivity index (χ1v) is 7.19. The van der Waals surface area contributed by atoms with Crippen LogP contribution in [0.15, 0.2) is 16.6 Å². The standard InChI is InChI=1S/C14H16BrN3O2/c1-4-5-11-16-13(14(19)20)17-18(11)12-9(3)6-8(2)7-10(12)15/h6-7H,4-5H2,1-3H3,(H,19,20). The lowest BCUT2D eigenvalue weighted by Crippen LogP contribution is -2.07. The third-order valence-corrected chi connectivity index (χ3v) is 3.55. The molecule has 0 spiro atoms. The number of carboxylic acid groups (broad SMARTS) is 1. The summed E-state index contributed by atoms with van der Waals surface area (Å²) in [7, 11) is 0. The van der Waals surface area contributed by atoms with Crippen LogP contribution in [0.5, 0.6) is 0 Å². The van der Waals surface area contributed by atoms with Crippen LogP contribution in [-0.2, 0) is 6.42 Å². The molecule has 6 heteroatoms. The highest BCUT2D eigenvalue weighted by molar-refractivity contribution is 9.10. The van der Waals surface area contributed by atoms with Crippen molar-refractivity contribution < 1.29 is 9.90 Å². The fourth-order valence-electron chi connectivity index (χ4n) is 2.18. The van der Waals surface area contributed by atoms with Crippen LogP contribution in [0.3, 0.4) is 0 Å². The van der Waals surface area contributed by atoms with E-state index in [1.54, 1.807) is 4.68 Å². The zero-order chi connectivity index (χ0) is 14.9. The minimum atomic E-state index is -1.11. The minimum absolute atomic E-state index is 0.166. The first-order chi connectivity index (χ1) is 9.43. The predicted molar refractivity (Wildman–Crippen MR) is 79.5 cm³/mol. The summed E-state index contributed by atoms with van der Waals surface area (Å²) in [6, 6.07) is 4.03. The van der Waals surface area contributed by atoms with Gasteiger partial charge in [-0.05, 0) is 53.4 Å². The van der Waals surface area contributed by atoms with E-state index in [2.05, 4.69) is 26.0 Å². The van der Waals surface area contributed by atoms with Gasteiger partial charge in [0.1, 0.15) is 5.82 Å². The lowest BCUT2D eigenvalue weighted by molar-refractivity contribution is 0.0683. The van der Waals surface area contributed by atoms with E-state index in [9.17, 15) is 4.79 Å². The van der Waals surface area contributed by atoms with Gasteiger partial charge in [-0.3, -0.25) is 0 Å². The smallest absolute Gasteiger partial charge is 0.375 e. The number of aromatic nitrogens is 3. The lowest BCUT2D eigenvalue weighted by atomic mass is 10.1. The van der Waals surface area contributed by atoms with Crippen LogP contribution in [0.25, 0.3) is 5.69 Å². The van der Waals surface area contributed by atoms with E-state index in [1.807, 2.05) is 32.9 Å². The monoisotopic (exact) mass is 337 g/mol. The normalized spacial score (nSPS) is 10.8. The molecular formula is C14H16BrN3O2. The van der Waals surface area contributed by atoms with E-state index in [0.717, 1.165) is 27.7 Å². The number of aryl methyl sites for hydroxylation is 3. The first-order valence-electron chi connectivity index (χ1n) is 6.40. The highest BCUT2D eigenvalue weighted by Gasteiger charge is 2.18. The average Bonchev–Trinajstić information content (AvgIpc) is 2.72. The molecule has 5 nitrogen and oxygen atoms in total. The average molecular weight is 338 g/mol. The van der Waals surface area contributed by atoms with Crippen molar-refractivity contribution in [2.24, 2.45) is 0 Å². The van der Waals surface area contributed by atoms with Crippen molar-refractivity contribution in [2.75, 3.05) is 0 Å². The Morgan fingerprint density at radius 2 is 2.10 bits per heavy atom. The van der Waals surface area contributed by atoms with Gasteiger partial charge < -0.3 is 5.11 Å². The van der Waals surface area contributed by atoms with Crippen LogP contribution in [0, 0.1) is 13.8 Å². The van der Waals surface area contributed by atoms with Gasteiger partial charge in [0.05, 0.1) is 5.69 Å². The molecule has 0 fully saturated rings. The molecule has 1 aromatic carbocycles. The van der Waals surface area contributed by atoms with Crippen LogP contribution < -0.4 is 0 Å². The van der Waals surface area contributed by atoms with Crippen LogP contribution in [-0.4, -0.2) is 25.8 Å². The van der Waals surface area contributed by atoms with Gasteiger partial charge in [0.2, 0.25) is 0 Å². The molecule has 0 radical (unpaired) electrons. The number of benzene rings is 1. The van der Waals surface area contributed by atoms with Gasteiger partial charge in [0.25, 0.3) is 5.82 Å².